The van der Waals surface area contributed by atoms with Crippen LogP contribution in [-0.4, -0.2) is 51.8 Å². The first-order valence-corrected chi connectivity index (χ1v) is 10.0. The van der Waals surface area contributed by atoms with Gasteiger partial charge in [0.1, 0.15) is 5.82 Å². The van der Waals surface area contributed by atoms with Crippen molar-refractivity contribution in [1.82, 2.24) is 15.6 Å². The van der Waals surface area contributed by atoms with Crippen LogP contribution in [0.1, 0.15) is 25.0 Å². The molecule has 0 unspecified atom stereocenters. The van der Waals surface area contributed by atoms with Gasteiger partial charge in [-0.3, -0.25) is 4.99 Å². The van der Waals surface area contributed by atoms with Crippen LogP contribution in [-0.2, 0) is 13.0 Å². The van der Waals surface area contributed by atoms with Gasteiger partial charge in [-0.15, -0.1) is 0 Å². The Morgan fingerprint density at radius 2 is 1.83 bits per heavy atom. The first-order chi connectivity index (χ1) is 14.1. The van der Waals surface area contributed by atoms with Crippen molar-refractivity contribution in [2.75, 3.05) is 45.8 Å². The molecule has 2 N–H and O–H groups in total. The molecule has 2 aromatic rings. The van der Waals surface area contributed by atoms with Gasteiger partial charge in [-0.2, -0.15) is 0 Å². The van der Waals surface area contributed by atoms with Gasteiger partial charge >= 0.3 is 0 Å². The van der Waals surface area contributed by atoms with E-state index in [0.29, 0.717) is 19.8 Å². The van der Waals surface area contributed by atoms with Gasteiger partial charge in [0.2, 0.25) is 0 Å². The molecular formula is C22H33N5O2. The Morgan fingerprint density at radius 1 is 1.07 bits per heavy atom. The second kappa shape index (κ2) is 11.8. The highest BCUT2D eigenvalue weighted by atomic mass is 16.5. The van der Waals surface area contributed by atoms with Crippen LogP contribution in [0.2, 0.25) is 0 Å². The van der Waals surface area contributed by atoms with Gasteiger partial charge < -0.3 is 25.0 Å². The van der Waals surface area contributed by atoms with E-state index in [-0.39, 0.29) is 0 Å². The summed E-state index contributed by atoms with van der Waals surface area (Å²) in [7, 11) is 5.76. The van der Waals surface area contributed by atoms with Crippen LogP contribution in [0.4, 0.5) is 5.82 Å². The van der Waals surface area contributed by atoms with Gasteiger partial charge in [-0.05, 0) is 44.0 Å². The Hall–Kier alpha value is -2.96. The summed E-state index contributed by atoms with van der Waals surface area (Å²) in [6.45, 7) is 6.59. The molecule has 0 atom stereocenters. The molecule has 7 nitrogen and oxygen atoms in total. The summed E-state index contributed by atoms with van der Waals surface area (Å²) in [5, 5.41) is 6.71. The lowest BCUT2D eigenvalue weighted by molar-refractivity contribution is 0.287. The third-order valence-electron chi connectivity index (χ3n) is 4.27. The average molecular weight is 400 g/mol. The summed E-state index contributed by atoms with van der Waals surface area (Å²) >= 11 is 0. The summed E-state index contributed by atoms with van der Waals surface area (Å²) in [5.41, 5.74) is 2.30. The first-order valence-electron chi connectivity index (χ1n) is 10.0. The Labute approximate surface area is 174 Å². The molecule has 0 amide bonds. The fourth-order valence-corrected chi connectivity index (χ4v) is 2.95. The third-order valence-corrected chi connectivity index (χ3v) is 4.27. The summed E-state index contributed by atoms with van der Waals surface area (Å²) in [6.07, 6.45) is 2.66. The van der Waals surface area contributed by atoms with Crippen molar-refractivity contribution in [3.63, 3.8) is 0 Å². The predicted molar refractivity (Wildman–Crippen MR) is 119 cm³/mol. The molecule has 1 heterocycles. The standard InChI is InChI=1S/C22H33N5O2/c1-6-28-19-11-10-17(15-20(19)29-7-2)12-14-25-22(23-3)26-16-18-9-8-13-24-21(18)27(4)5/h8-11,13,15H,6-7,12,14,16H2,1-5H3,(H2,23,25,26). The molecule has 0 bridgehead atoms. The van der Waals surface area contributed by atoms with E-state index in [4.69, 9.17) is 9.47 Å². The molecule has 0 fully saturated rings. The third kappa shape index (κ3) is 6.85. The van der Waals surface area contributed by atoms with E-state index >= 15 is 0 Å². The van der Waals surface area contributed by atoms with Crippen LogP contribution in [0.5, 0.6) is 11.5 Å². The highest BCUT2D eigenvalue weighted by Gasteiger charge is 2.08. The Balaban J connectivity index is 1.89. The smallest absolute Gasteiger partial charge is 0.191 e. The molecule has 158 valence electrons. The van der Waals surface area contributed by atoms with Gasteiger partial charge in [0.25, 0.3) is 0 Å². The van der Waals surface area contributed by atoms with E-state index in [1.807, 2.05) is 51.0 Å². The van der Waals surface area contributed by atoms with E-state index in [0.717, 1.165) is 41.8 Å². The maximum atomic E-state index is 5.71. The van der Waals surface area contributed by atoms with Gasteiger partial charge in [0.05, 0.1) is 13.2 Å². The molecule has 0 spiro atoms. The molecule has 0 radical (unpaired) electrons. The zero-order valence-corrected chi connectivity index (χ0v) is 18.2. The lowest BCUT2D eigenvalue weighted by atomic mass is 10.1. The number of anilines is 1. The van der Waals surface area contributed by atoms with E-state index in [1.165, 1.54) is 5.56 Å². The predicted octanol–water partition coefficient (Wildman–Crippen LogP) is 2.85. The fraction of sp³-hybridized carbons (Fsp3) is 0.455. The monoisotopic (exact) mass is 399 g/mol. The quantitative estimate of drug-likeness (QED) is 0.473. The van der Waals surface area contributed by atoms with Crippen LogP contribution in [0.25, 0.3) is 0 Å². The number of nitrogens with zero attached hydrogens (tertiary/aromatic N) is 3. The molecule has 29 heavy (non-hydrogen) atoms. The maximum absolute atomic E-state index is 5.71. The van der Waals surface area contributed by atoms with Crippen molar-refractivity contribution in [2.24, 2.45) is 4.99 Å². The van der Waals surface area contributed by atoms with Crippen LogP contribution in [0.15, 0.2) is 41.5 Å². The number of benzene rings is 1. The summed E-state index contributed by atoms with van der Waals surface area (Å²) in [5.74, 6) is 3.29. The van der Waals surface area contributed by atoms with E-state index in [2.05, 4.69) is 32.7 Å². The topological polar surface area (TPSA) is 71.0 Å². The number of nitrogens with one attached hydrogen (secondary N) is 2. The molecule has 1 aromatic heterocycles. The number of rotatable bonds is 10. The SMILES string of the molecule is CCOc1ccc(CCNC(=NC)NCc2cccnc2N(C)C)cc1OCC. The van der Waals surface area contributed by atoms with Crippen LogP contribution in [0.3, 0.4) is 0 Å². The first kappa shape index (κ1) is 22.3. The highest BCUT2D eigenvalue weighted by Crippen LogP contribution is 2.28. The largest absolute Gasteiger partial charge is 0.490 e. The molecule has 0 aliphatic rings. The molecule has 2 rings (SSSR count). The van der Waals surface area contributed by atoms with Crippen LogP contribution in [0, 0.1) is 0 Å². The lowest BCUT2D eigenvalue weighted by Crippen LogP contribution is -2.38. The second-order valence-corrected chi connectivity index (χ2v) is 6.63. The Morgan fingerprint density at radius 3 is 2.52 bits per heavy atom. The van der Waals surface area contributed by atoms with Crippen LogP contribution >= 0.6 is 0 Å². The number of hydrogen-bond acceptors (Lipinski definition) is 5. The van der Waals surface area contributed by atoms with E-state index in [1.54, 1.807) is 13.2 Å². The average Bonchev–Trinajstić information content (AvgIpc) is 2.72. The van der Waals surface area contributed by atoms with Gasteiger partial charge in [-0.1, -0.05) is 12.1 Å². The number of ether oxygens (including phenoxy) is 2. The maximum Gasteiger partial charge on any atom is 0.191 e. The molecule has 0 aliphatic heterocycles. The van der Waals surface area contributed by atoms with Crippen molar-refractivity contribution in [3.05, 3.63) is 47.7 Å². The molecule has 7 heteroatoms. The zero-order valence-electron chi connectivity index (χ0n) is 18.2. The van der Waals surface area contributed by atoms with Gasteiger partial charge in [0, 0.05) is 46.0 Å². The van der Waals surface area contributed by atoms with Crippen molar-refractivity contribution in [1.29, 1.82) is 0 Å². The van der Waals surface area contributed by atoms with Crippen LogP contribution < -0.4 is 25.0 Å². The van der Waals surface area contributed by atoms with Crippen molar-refractivity contribution >= 4 is 11.8 Å². The van der Waals surface area contributed by atoms with E-state index < -0.39 is 0 Å². The van der Waals surface area contributed by atoms with Gasteiger partial charge in [0.15, 0.2) is 17.5 Å². The number of aliphatic imine (C=N–C) groups is 1. The van der Waals surface area contributed by atoms with Crippen molar-refractivity contribution < 1.29 is 9.47 Å². The number of hydrogen-bond donors (Lipinski definition) is 2. The highest BCUT2D eigenvalue weighted by molar-refractivity contribution is 5.79. The number of guanidine groups is 1. The Bertz CT molecular complexity index is 793. The molecule has 0 saturated carbocycles. The molecule has 1 aromatic carbocycles. The summed E-state index contributed by atoms with van der Waals surface area (Å²) in [6, 6.07) is 10.1. The van der Waals surface area contributed by atoms with Crippen molar-refractivity contribution in [3.8, 4) is 11.5 Å². The minimum atomic E-state index is 0.613. The minimum Gasteiger partial charge on any atom is -0.490 e. The molecule has 0 aliphatic carbocycles. The molecule has 0 saturated heterocycles. The fourth-order valence-electron chi connectivity index (χ4n) is 2.95. The van der Waals surface area contributed by atoms with E-state index in [9.17, 15) is 0 Å². The minimum absolute atomic E-state index is 0.613. The lowest BCUT2D eigenvalue weighted by Gasteiger charge is -2.17. The van der Waals surface area contributed by atoms with Gasteiger partial charge in [-0.25, -0.2) is 4.98 Å². The van der Waals surface area contributed by atoms with Crippen molar-refractivity contribution in [2.45, 2.75) is 26.8 Å². The second-order valence-electron chi connectivity index (χ2n) is 6.63. The molecular weight excluding hydrogens is 366 g/mol. The zero-order chi connectivity index (χ0) is 21.1. The normalized spacial score (nSPS) is 11.1. The summed E-state index contributed by atoms with van der Waals surface area (Å²) in [4.78, 5) is 10.7. The summed E-state index contributed by atoms with van der Waals surface area (Å²) < 4.78 is 11.3. The Kier molecular flexibility index (Phi) is 9.08. The number of aromatic nitrogens is 1. The number of pyridine rings is 1.